The van der Waals surface area contributed by atoms with Gasteiger partial charge in [-0.15, -0.1) is 0 Å². The van der Waals surface area contributed by atoms with Crippen LogP contribution in [0.2, 0.25) is 0 Å². The number of nitrogens with zero attached hydrogens (tertiary/aromatic N) is 2. The molecule has 82 valence electrons. The van der Waals surface area contributed by atoms with E-state index >= 15 is 0 Å². The molecule has 2 rings (SSSR count). The molecule has 0 bridgehead atoms. The average molecular weight is 217 g/mol. The van der Waals surface area contributed by atoms with Crippen LogP contribution in [-0.2, 0) is 11.8 Å². The molecule has 0 aliphatic carbocycles. The molecule has 1 N–H and O–H groups in total. The molecule has 1 unspecified atom stereocenters. The number of rotatable bonds is 2. The molecule has 0 spiro atoms. The summed E-state index contributed by atoms with van der Waals surface area (Å²) in [5, 5.41) is 6.03. The molecular formula is C8H9F2N3O2. The normalized spacial score (nSPS) is 20.5. The van der Waals surface area contributed by atoms with Gasteiger partial charge < -0.3 is 10.1 Å². The maximum Gasteiger partial charge on any atom is 0.407 e. The van der Waals surface area contributed by atoms with Gasteiger partial charge in [0.05, 0.1) is 6.54 Å². The minimum Gasteiger partial charge on any atom is -0.439 e. The SMILES string of the molecule is Cn1cc(C2CNC(=O)O2)c(C(F)F)n1. The Bertz CT molecular complexity index is 391. The van der Waals surface area contributed by atoms with Crippen LogP contribution in [0.3, 0.4) is 0 Å². The summed E-state index contributed by atoms with van der Waals surface area (Å²) in [6.45, 7) is 0.199. The van der Waals surface area contributed by atoms with Crippen LogP contribution in [0.15, 0.2) is 6.20 Å². The maximum atomic E-state index is 12.6. The minimum atomic E-state index is -2.67. The summed E-state index contributed by atoms with van der Waals surface area (Å²) in [5.41, 5.74) is -0.0788. The Hall–Kier alpha value is -1.66. The van der Waals surface area contributed by atoms with Crippen LogP contribution < -0.4 is 5.32 Å². The molecule has 0 radical (unpaired) electrons. The van der Waals surface area contributed by atoms with Gasteiger partial charge in [-0.05, 0) is 0 Å². The highest BCUT2D eigenvalue weighted by molar-refractivity contribution is 5.69. The third kappa shape index (κ3) is 1.77. The number of alkyl carbamates (subject to hydrolysis) is 1. The summed E-state index contributed by atoms with van der Waals surface area (Å²) in [4.78, 5) is 10.8. The van der Waals surface area contributed by atoms with Gasteiger partial charge in [0.25, 0.3) is 6.43 Å². The van der Waals surface area contributed by atoms with Crippen molar-refractivity contribution in [3.05, 3.63) is 17.5 Å². The van der Waals surface area contributed by atoms with Crippen molar-refractivity contribution >= 4 is 6.09 Å². The van der Waals surface area contributed by atoms with Crippen LogP contribution in [0.1, 0.15) is 23.8 Å². The largest absolute Gasteiger partial charge is 0.439 e. The first-order valence-corrected chi connectivity index (χ1v) is 4.34. The Labute approximate surface area is 84.0 Å². The quantitative estimate of drug-likeness (QED) is 0.808. The van der Waals surface area contributed by atoms with Gasteiger partial charge in [-0.2, -0.15) is 5.10 Å². The summed E-state index contributed by atoms with van der Waals surface area (Å²) >= 11 is 0. The van der Waals surface area contributed by atoms with Gasteiger partial charge in [-0.25, -0.2) is 13.6 Å². The molecule has 7 heteroatoms. The fraction of sp³-hybridized carbons (Fsp3) is 0.500. The summed E-state index contributed by atoms with van der Waals surface area (Å²) < 4.78 is 31.2. The summed E-state index contributed by atoms with van der Waals surface area (Å²) in [6, 6.07) is 0. The second kappa shape index (κ2) is 3.48. The molecule has 2 heterocycles. The Morgan fingerprint density at radius 2 is 2.47 bits per heavy atom. The molecule has 1 fully saturated rings. The number of hydrogen-bond donors (Lipinski definition) is 1. The Kier molecular flexibility index (Phi) is 2.29. The molecule has 15 heavy (non-hydrogen) atoms. The van der Waals surface area contributed by atoms with Crippen molar-refractivity contribution in [2.45, 2.75) is 12.5 Å². The van der Waals surface area contributed by atoms with Gasteiger partial charge in [0.15, 0.2) is 0 Å². The maximum absolute atomic E-state index is 12.6. The molecular weight excluding hydrogens is 208 g/mol. The number of nitrogens with one attached hydrogen (secondary N) is 1. The fourth-order valence-electron chi connectivity index (χ4n) is 1.50. The molecule has 1 aromatic rings. The number of cyclic esters (lactones) is 1. The lowest BCUT2D eigenvalue weighted by Gasteiger charge is -2.06. The van der Waals surface area contributed by atoms with Gasteiger partial charge in [-0.3, -0.25) is 4.68 Å². The van der Waals surface area contributed by atoms with Gasteiger partial charge in [0, 0.05) is 18.8 Å². The van der Waals surface area contributed by atoms with E-state index in [1.54, 1.807) is 7.05 Å². The van der Waals surface area contributed by atoms with E-state index in [0.29, 0.717) is 0 Å². The first-order chi connectivity index (χ1) is 7.08. The Balaban J connectivity index is 2.30. The molecule has 1 aromatic heterocycles. The summed E-state index contributed by atoms with van der Waals surface area (Å²) in [5.74, 6) is 0. The number of carbonyl (C=O) groups excluding carboxylic acids is 1. The van der Waals surface area contributed by atoms with Crippen molar-refractivity contribution in [1.29, 1.82) is 0 Å². The summed E-state index contributed by atoms with van der Waals surface area (Å²) in [7, 11) is 1.54. The average Bonchev–Trinajstić information content (AvgIpc) is 2.71. The van der Waals surface area contributed by atoms with Crippen molar-refractivity contribution in [3.63, 3.8) is 0 Å². The highest BCUT2D eigenvalue weighted by atomic mass is 19.3. The van der Waals surface area contributed by atoms with E-state index in [2.05, 4.69) is 10.4 Å². The third-order valence-corrected chi connectivity index (χ3v) is 2.12. The van der Waals surface area contributed by atoms with Gasteiger partial charge in [0.1, 0.15) is 11.8 Å². The van der Waals surface area contributed by atoms with Gasteiger partial charge >= 0.3 is 6.09 Å². The van der Waals surface area contributed by atoms with Crippen LogP contribution in [0.25, 0.3) is 0 Å². The van der Waals surface area contributed by atoms with Crippen LogP contribution in [0.5, 0.6) is 0 Å². The standard InChI is InChI=1S/C8H9F2N3O2/c1-13-3-4(6(12-13)7(9)10)5-2-11-8(14)15-5/h3,5,7H,2H2,1H3,(H,11,14). The van der Waals surface area contributed by atoms with E-state index in [-0.39, 0.29) is 17.8 Å². The lowest BCUT2D eigenvalue weighted by atomic mass is 10.1. The number of ether oxygens (including phenoxy) is 1. The van der Waals surface area contributed by atoms with Gasteiger partial charge in [-0.1, -0.05) is 0 Å². The number of hydrogen-bond acceptors (Lipinski definition) is 3. The number of halogens is 2. The van der Waals surface area contributed by atoms with Crippen LogP contribution in [0.4, 0.5) is 13.6 Å². The highest BCUT2D eigenvalue weighted by Crippen LogP contribution is 2.29. The fourth-order valence-corrected chi connectivity index (χ4v) is 1.50. The number of aromatic nitrogens is 2. The molecule has 1 atom stereocenters. The van der Waals surface area contributed by atoms with E-state index in [1.807, 2.05) is 0 Å². The van der Waals surface area contributed by atoms with Crippen molar-refractivity contribution < 1.29 is 18.3 Å². The first kappa shape index (κ1) is 9.88. The zero-order chi connectivity index (χ0) is 11.0. The summed E-state index contributed by atoms with van der Waals surface area (Å²) in [6.07, 6.45) is -2.49. The zero-order valence-corrected chi connectivity index (χ0v) is 7.91. The predicted molar refractivity (Wildman–Crippen MR) is 45.4 cm³/mol. The molecule has 0 saturated carbocycles. The number of aryl methyl sites for hydroxylation is 1. The number of carbonyl (C=O) groups is 1. The predicted octanol–water partition coefficient (Wildman–Crippen LogP) is 1.14. The van der Waals surface area contributed by atoms with Crippen LogP contribution in [-0.4, -0.2) is 22.4 Å². The lowest BCUT2D eigenvalue weighted by molar-refractivity contribution is 0.125. The van der Waals surface area contributed by atoms with E-state index in [0.717, 1.165) is 0 Å². The number of amides is 1. The molecule has 0 aromatic carbocycles. The Morgan fingerprint density at radius 1 is 1.73 bits per heavy atom. The molecule has 5 nitrogen and oxygen atoms in total. The monoisotopic (exact) mass is 217 g/mol. The second-order valence-electron chi connectivity index (χ2n) is 3.22. The number of alkyl halides is 2. The Morgan fingerprint density at radius 3 is 3.00 bits per heavy atom. The van der Waals surface area contributed by atoms with Crippen molar-refractivity contribution in [2.24, 2.45) is 7.05 Å². The van der Waals surface area contributed by atoms with Crippen molar-refractivity contribution in [3.8, 4) is 0 Å². The minimum absolute atomic E-state index is 0.199. The third-order valence-electron chi connectivity index (χ3n) is 2.12. The van der Waals surface area contributed by atoms with E-state index in [1.165, 1.54) is 10.9 Å². The van der Waals surface area contributed by atoms with Crippen LogP contribution >= 0.6 is 0 Å². The van der Waals surface area contributed by atoms with E-state index in [4.69, 9.17) is 4.74 Å². The topological polar surface area (TPSA) is 56.2 Å². The van der Waals surface area contributed by atoms with Crippen molar-refractivity contribution in [2.75, 3.05) is 6.54 Å². The van der Waals surface area contributed by atoms with Crippen molar-refractivity contribution in [1.82, 2.24) is 15.1 Å². The van der Waals surface area contributed by atoms with E-state index < -0.39 is 18.6 Å². The van der Waals surface area contributed by atoms with E-state index in [9.17, 15) is 13.6 Å². The highest BCUT2D eigenvalue weighted by Gasteiger charge is 2.30. The molecule has 1 aliphatic heterocycles. The lowest BCUT2D eigenvalue weighted by Crippen LogP contribution is -2.12. The second-order valence-corrected chi connectivity index (χ2v) is 3.22. The molecule has 1 aliphatic rings. The molecule has 1 amide bonds. The molecule has 1 saturated heterocycles. The zero-order valence-electron chi connectivity index (χ0n) is 7.91. The van der Waals surface area contributed by atoms with Crippen LogP contribution in [0, 0.1) is 0 Å². The first-order valence-electron chi connectivity index (χ1n) is 4.34. The van der Waals surface area contributed by atoms with Gasteiger partial charge in [0.2, 0.25) is 0 Å². The smallest absolute Gasteiger partial charge is 0.407 e.